The van der Waals surface area contributed by atoms with Crippen LogP contribution in [0.5, 0.6) is 0 Å². The summed E-state index contributed by atoms with van der Waals surface area (Å²) in [6, 6.07) is 1.38. The lowest BCUT2D eigenvalue weighted by Gasteiger charge is -2.34. The summed E-state index contributed by atoms with van der Waals surface area (Å²) >= 11 is 5.86. The second kappa shape index (κ2) is 4.32. The van der Waals surface area contributed by atoms with Crippen LogP contribution in [0, 0.1) is 0 Å². The van der Waals surface area contributed by atoms with Gasteiger partial charge in [-0.15, -0.1) is 11.6 Å². The van der Waals surface area contributed by atoms with E-state index in [4.69, 9.17) is 11.6 Å². The van der Waals surface area contributed by atoms with Crippen molar-refractivity contribution >= 4 is 11.6 Å². The Kier molecular flexibility index (Phi) is 3.67. The molecule has 0 aliphatic heterocycles. The van der Waals surface area contributed by atoms with Gasteiger partial charge in [0.2, 0.25) is 0 Å². The van der Waals surface area contributed by atoms with Crippen LogP contribution in [0.15, 0.2) is 0 Å². The molecule has 0 radical (unpaired) electrons. The lowest BCUT2D eigenvalue weighted by Crippen LogP contribution is -2.45. The van der Waals surface area contributed by atoms with E-state index in [0.29, 0.717) is 17.5 Å². The van der Waals surface area contributed by atoms with Crippen molar-refractivity contribution in [1.29, 1.82) is 0 Å². The zero-order valence-corrected chi connectivity index (χ0v) is 8.19. The topological polar surface area (TPSA) is 12.0 Å². The number of alkyl halides is 1. The molecular formula is C9H18ClN. The summed E-state index contributed by atoms with van der Waals surface area (Å²) in [5.41, 5.74) is 0. The summed E-state index contributed by atoms with van der Waals surface area (Å²) in [6.45, 7) is 4.48. The van der Waals surface area contributed by atoms with Gasteiger partial charge in [-0.25, -0.2) is 0 Å². The molecule has 0 saturated heterocycles. The summed E-state index contributed by atoms with van der Waals surface area (Å²) in [5.74, 6) is 0. The van der Waals surface area contributed by atoms with E-state index in [2.05, 4.69) is 19.2 Å². The molecule has 66 valence electrons. The molecule has 1 atom stereocenters. The lowest BCUT2D eigenvalue weighted by molar-refractivity contribution is 0.309. The summed E-state index contributed by atoms with van der Waals surface area (Å²) < 4.78 is 0. The summed E-state index contributed by atoms with van der Waals surface area (Å²) in [4.78, 5) is 0. The second-order valence-corrected chi connectivity index (χ2v) is 4.24. The Morgan fingerprint density at radius 1 is 1.55 bits per heavy atom. The van der Waals surface area contributed by atoms with Crippen molar-refractivity contribution in [2.24, 2.45) is 0 Å². The maximum atomic E-state index is 5.86. The average Bonchev–Trinajstić information content (AvgIpc) is 1.85. The molecule has 1 aliphatic carbocycles. The quantitative estimate of drug-likeness (QED) is 0.648. The van der Waals surface area contributed by atoms with Gasteiger partial charge in [-0.2, -0.15) is 0 Å². The molecule has 0 aromatic heterocycles. The number of halogens is 1. The molecule has 1 fully saturated rings. The zero-order valence-electron chi connectivity index (χ0n) is 7.44. The van der Waals surface area contributed by atoms with Gasteiger partial charge in [0.25, 0.3) is 0 Å². The molecule has 1 unspecified atom stereocenters. The van der Waals surface area contributed by atoms with Crippen LogP contribution in [0.1, 0.15) is 39.5 Å². The SMILES string of the molecule is CCCC(C)NC1CC(Cl)C1. The van der Waals surface area contributed by atoms with E-state index in [1.54, 1.807) is 0 Å². The van der Waals surface area contributed by atoms with Crippen LogP contribution in [0.2, 0.25) is 0 Å². The highest BCUT2D eigenvalue weighted by Gasteiger charge is 2.27. The first-order valence-electron chi connectivity index (χ1n) is 4.62. The third-order valence-corrected chi connectivity index (χ3v) is 2.68. The fraction of sp³-hybridized carbons (Fsp3) is 1.00. The summed E-state index contributed by atoms with van der Waals surface area (Å²) in [5, 5.41) is 4.01. The molecule has 0 heterocycles. The maximum absolute atomic E-state index is 5.86. The Labute approximate surface area is 74.5 Å². The fourth-order valence-electron chi connectivity index (χ4n) is 1.60. The Hall–Kier alpha value is 0.250. The molecule has 1 rings (SSSR count). The minimum Gasteiger partial charge on any atom is -0.311 e. The normalized spacial score (nSPS) is 33.0. The van der Waals surface area contributed by atoms with E-state index in [0.717, 1.165) is 12.8 Å². The van der Waals surface area contributed by atoms with Crippen molar-refractivity contribution in [3.05, 3.63) is 0 Å². The van der Waals surface area contributed by atoms with Gasteiger partial charge in [-0.05, 0) is 26.2 Å². The zero-order chi connectivity index (χ0) is 8.27. The largest absolute Gasteiger partial charge is 0.311 e. The second-order valence-electron chi connectivity index (χ2n) is 3.62. The van der Waals surface area contributed by atoms with E-state index in [1.165, 1.54) is 12.8 Å². The van der Waals surface area contributed by atoms with Gasteiger partial charge in [0.1, 0.15) is 0 Å². The van der Waals surface area contributed by atoms with Crippen molar-refractivity contribution in [3.63, 3.8) is 0 Å². The van der Waals surface area contributed by atoms with Crippen LogP contribution in [0.4, 0.5) is 0 Å². The predicted octanol–water partition coefficient (Wildman–Crippen LogP) is 2.53. The smallest absolute Gasteiger partial charge is 0.0365 e. The number of hydrogen-bond acceptors (Lipinski definition) is 1. The van der Waals surface area contributed by atoms with Crippen LogP contribution in [0.3, 0.4) is 0 Å². The molecule has 1 aliphatic rings. The molecule has 1 nitrogen and oxygen atoms in total. The molecule has 2 heteroatoms. The van der Waals surface area contributed by atoms with E-state index < -0.39 is 0 Å². The van der Waals surface area contributed by atoms with Crippen molar-refractivity contribution in [3.8, 4) is 0 Å². The highest BCUT2D eigenvalue weighted by Crippen LogP contribution is 2.25. The molecule has 0 aromatic rings. The van der Waals surface area contributed by atoms with Crippen LogP contribution in [-0.4, -0.2) is 17.5 Å². The van der Waals surface area contributed by atoms with Crippen LogP contribution >= 0.6 is 11.6 Å². The first kappa shape index (κ1) is 9.34. The van der Waals surface area contributed by atoms with E-state index in [-0.39, 0.29) is 0 Å². The highest BCUT2D eigenvalue weighted by atomic mass is 35.5. The Morgan fingerprint density at radius 2 is 2.18 bits per heavy atom. The summed E-state index contributed by atoms with van der Waals surface area (Å²) in [7, 11) is 0. The van der Waals surface area contributed by atoms with Gasteiger partial charge in [-0.1, -0.05) is 13.3 Å². The van der Waals surface area contributed by atoms with Gasteiger partial charge in [0, 0.05) is 17.5 Å². The minimum atomic E-state index is 0.446. The standard InChI is InChI=1S/C9H18ClN/c1-3-4-7(2)11-9-5-8(10)6-9/h7-9,11H,3-6H2,1-2H3. The van der Waals surface area contributed by atoms with E-state index >= 15 is 0 Å². The van der Waals surface area contributed by atoms with Gasteiger partial charge in [0.15, 0.2) is 0 Å². The van der Waals surface area contributed by atoms with Crippen LogP contribution in [0.25, 0.3) is 0 Å². The van der Waals surface area contributed by atoms with Crippen LogP contribution in [-0.2, 0) is 0 Å². The van der Waals surface area contributed by atoms with Crippen LogP contribution < -0.4 is 5.32 Å². The lowest BCUT2D eigenvalue weighted by atomic mass is 9.91. The molecule has 1 N–H and O–H groups in total. The first-order valence-corrected chi connectivity index (χ1v) is 5.06. The summed E-state index contributed by atoms with van der Waals surface area (Å²) in [6.07, 6.45) is 4.87. The molecular weight excluding hydrogens is 158 g/mol. The van der Waals surface area contributed by atoms with Gasteiger partial charge in [0.05, 0.1) is 0 Å². The van der Waals surface area contributed by atoms with Crippen molar-refractivity contribution in [1.82, 2.24) is 5.32 Å². The monoisotopic (exact) mass is 175 g/mol. The fourth-order valence-corrected chi connectivity index (χ4v) is 2.03. The third kappa shape index (κ3) is 3.00. The van der Waals surface area contributed by atoms with Crippen molar-refractivity contribution in [2.45, 2.75) is 57.0 Å². The molecule has 0 spiro atoms. The highest BCUT2D eigenvalue weighted by molar-refractivity contribution is 6.21. The number of rotatable bonds is 4. The van der Waals surface area contributed by atoms with Gasteiger partial charge >= 0.3 is 0 Å². The number of nitrogens with one attached hydrogen (secondary N) is 1. The maximum Gasteiger partial charge on any atom is 0.0365 e. The van der Waals surface area contributed by atoms with E-state index in [1.807, 2.05) is 0 Å². The van der Waals surface area contributed by atoms with Crippen molar-refractivity contribution < 1.29 is 0 Å². The molecule has 0 bridgehead atoms. The molecule has 1 saturated carbocycles. The molecule has 11 heavy (non-hydrogen) atoms. The minimum absolute atomic E-state index is 0.446. The Morgan fingerprint density at radius 3 is 2.64 bits per heavy atom. The van der Waals surface area contributed by atoms with Gasteiger partial charge < -0.3 is 5.32 Å². The average molecular weight is 176 g/mol. The van der Waals surface area contributed by atoms with Gasteiger partial charge in [-0.3, -0.25) is 0 Å². The molecule has 0 aromatic carbocycles. The third-order valence-electron chi connectivity index (χ3n) is 2.32. The van der Waals surface area contributed by atoms with E-state index in [9.17, 15) is 0 Å². The van der Waals surface area contributed by atoms with Crippen molar-refractivity contribution in [2.75, 3.05) is 0 Å². The first-order chi connectivity index (χ1) is 5.22. The predicted molar refractivity (Wildman–Crippen MR) is 50.2 cm³/mol. The Balaban J connectivity index is 2.02. The number of hydrogen-bond donors (Lipinski definition) is 1. The Bertz CT molecular complexity index is 107. The molecule has 0 amide bonds.